The fourth-order valence-electron chi connectivity index (χ4n) is 3.93. The number of ether oxygens (including phenoxy) is 3. The molecule has 1 aliphatic carbocycles. The van der Waals surface area contributed by atoms with Crippen molar-refractivity contribution in [3.63, 3.8) is 0 Å². The van der Waals surface area contributed by atoms with Gasteiger partial charge in [0.05, 0.1) is 38.4 Å². The highest BCUT2D eigenvalue weighted by molar-refractivity contribution is 5.89. The van der Waals surface area contributed by atoms with Crippen molar-refractivity contribution in [1.29, 1.82) is 0 Å². The van der Waals surface area contributed by atoms with Gasteiger partial charge in [0.15, 0.2) is 11.5 Å². The minimum Gasteiger partial charge on any atom is -0.493 e. The fourth-order valence-corrected chi connectivity index (χ4v) is 3.93. The number of nitrogens with one attached hydrogen (secondary N) is 1. The van der Waals surface area contributed by atoms with E-state index < -0.39 is 11.5 Å². The molecule has 2 atom stereocenters. The number of amides is 1. The number of benzene rings is 1. The summed E-state index contributed by atoms with van der Waals surface area (Å²) in [5.74, 6) is 1.24. The summed E-state index contributed by atoms with van der Waals surface area (Å²) in [5.41, 5.74) is 0.350. The molecule has 2 fully saturated rings. The summed E-state index contributed by atoms with van der Waals surface area (Å²) in [6.07, 6.45) is 3.59. The van der Waals surface area contributed by atoms with E-state index in [4.69, 9.17) is 14.2 Å². The van der Waals surface area contributed by atoms with E-state index in [0.717, 1.165) is 31.2 Å². The third kappa shape index (κ3) is 3.46. The number of aliphatic hydroxyl groups is 1. The van der Waals surface area contributed by atoms with Crippen LogP contribution in [0.1, 0.15) is 37.7 Å². The molecular formula is C19H27NO5. The molecule has 2 N–H and O–H groups in total. The summed E-state index contributed by atoms with van der Waals surface area (Å²) in [4.78, 5) is 13.2. The van der Waals surface area contributed by atoms with Crippen LogP contribution in [-0.2, 0) is 14.9 Å². The van der Waals surface area contributed by atoms with E-state index in [1.54, 1.807) is 14.2 Å². The zero-order chi connectivity index (χ0) is 17.9. The number of hydrogen-bond acceptors (Lipinski definition) is 5. The summed E-state index contributed by atoms with van der Waals surface area (Å²) < 4.78 is 16.1. The van der Waals surface area contributed by atoms with Gasteiger partial charge in [-0.1, -0.05) is 18.9 Å². The van der Waals surface area contributed by atoms with Crippen LogP contribution in [0.15, 0.2) is 18.2 Å². The molecule has 6 nitrogen and oxygen atoms in total. The predicted molar refractivity (Wildman–Crippen MR) is 93.1 cm³/mol. The second-order valence-corrected chi connectivity index (χ2v) is 6.87. The van der Waals surface area contributed by atoms with Crippen LogP contribution in [0.2, 0.25) is 0 Å². The van der Waals surface area contributed by atoms with Crippen LogP contribution < -0.4 is 14.8 Å². The Kier molecular flexibility index (Phi) is 5.49. The Morgan fingerprint density at radius 3 is 2.60 bits per heavy atom. The Bertz CT molecular complexity index is 612. The smallest absolute Gasteiger partial charge is 0.231 e. The van der Waals surface area contributed by atoms with Crippen LogP contribution in [0.5, 0.6) is 11.5 Å². The molecule has 0 spiro atoms. The van der Waals surface area contributed by atoms with Crippen molar-refractivity contribution in [1.82, 2.24) is 5.32 Å². The lowest BCUT2D eigenvalue weighted by Gasteiger charge is -2.34. The van der Waals surface area contributed by atoms with E-state index in [0.29, 0.717) is 31.1 Å². The van der Waals surface area contributed by atoms with Crippen molar-refractivity contribution in [2.24, 2.45) is 0 Å². The van der Waals surface area contributed by atoms with Gasteiger partial charge in [-0.2, -0.15) is 0 Å². The second-order valence-electron chi connectivity index (χ2n) is 6.87. The van der Waals surface area contributed by atoms with Crippen molar-refractivity contribution in [2.75, 3.05) is 27.4 Å². The number of hydrogen-bond donors (Lipinski definition) is 2. The molecule has 1 saturated carbocycles. The Labute approximate surface area is 148 Å². The van der Waals surface area contributed by atoms with Gasteiger partial charge in [0, 0.05) is 6.61 Å². The third-order valence-corrected chi connectivity index (χ3v) is 5.46. The van der Waals surface area contributed by atoms with Crippen molar-refractivity contribution in [3.05, 3.63) is 23.8 Å². The number of rotatable bonds is 5. The Balaban J connectivity index is 1.87. The van der Waals surface area contributed by atoms with Gasteiger partial charge in [-0.15, -0.1) is 0 Å². The largest absolute Gasteiger partial charge is 0.493 e. The highest BCUT2D eigenvalue weighted by Crippen LogP contribution is 2.44. The predicted octanol–water partition coefficient (Wildman–Crippen LogP) is 1.78. The lowest BCUT2D eigenvalue weighted by atomic mass is 9.77. The van der Waals surface area contributed by atoms with E-state index in [9.17, 15) is 9.90 Å². The van der Waals surface area contributed by atoms with E-state index in [-0.39, 0.29) is 11.9 Å². The minimum absolute atomic E-state index is 0.0354. The maximum absolute atomic E-state index is 13.2. The zero-order valence-corrected chi connectivity index (χ0v) is 14.9. The summed E-state index contributed by atoms with van der Waals surface area (Å²) in [5, 5.41) is 13.2. The lowest BCUT2D eigenvalue weighted by Crippen LogP contribution is -2.54. The van der Waals surface area contributed by atoms with Crippen molar-refractivity contribution in [2.45, 2.75) is 49.7 Å². The van der Waals surface area contributed by atoms with Gasteiger partial charge < -0.3 is 24.6 Å². The molecule has 1 heterocycles. The molecule has 2 aliphatic rings. The summed E-state index contributed by atoms with van der Waals surface area (Å²) in [7, 11) is 3.19. The zero-order valence-electron chi connectivity index (χ0n) is 14.9. The fraction of sp³-hybridized carbons (Fsp3) is 0.632. The van der Waals surface area contributed by atoms with Crippen LogP contribution in [0.4, 0.5) is 0 Å². The first-order valence-electron chi connectivity index (χ1n) is 8.90. The minimum atomic E-state index is -0.587. The van der Waals surface area contributed by atoms with Crippen LogP contribution in [-0.4, -0.2) is 50.6 Å². The van der Waals surface area contributed by atoms with Crippen LogP contribution >= 0.6 is 0 Å². The Hall–Kier alpha value is -1.79. The summed E-state index contributed by atoms with van der Waals surface area (Å²) >= 11 is 0. The molecule has 138 valence electrons. The number of carbonyl (C=O) groups excluding carboxylic acids is 1. The molecule has 1 saturated heterocycles. The van der Waals surface area contributed by atoms with Gasteiger partial charge in [-0.05, 0) is 37.0 Å². The molecule has 25 heavy (non-hydrogen) atoms. The first-order valence-corrected chi connectivity index (χ1v) is 8.90. The Morgan fingerprint density at radius 2 is 1.96 bits per heavy atom. The number of aliphatic hydroxyl groups excluding tert-OH is 1. The second kappa shape index (κ2) is 7.62. The maximum atomic E-state index is 13.2. The van der Waals surface area contributed by atoms with Crippen LogP contribution in [0.25, 0.3) is 0 Å². The van der Waals surface area contributed by atoms with E-state index in [1.165, 1.54) is 0 Å². The maximum Gasteiger partial charge on any atom is 0.231 e. The van der Waals surface area contributed by atoms with Crippen molar-refractivity contribution in [3.8, 4) is 11.5 Å². The van der Waals surface area contributed by atoms with Gasteiger partial charge >= 0.3 is 0 Å². The van der Waals surface area contributed by atoms with Crippen molar-refractivity contribution >= 4 is 5.91 Å². The summed E-state index contributed by atoms with van der Waals surface area (Å²) in [6.45, 7) is 0.892. The molecule has 1 aromatic rings. The molecule has 1 aromatic carbocycles. The molecule has 3 rings (SSSR count). The third-order valence-electron chi connectivity index (χ3n) is 5.46. The van der Waals surface area contributed by atoms with Gasteiger partial charge in [0.25, 0.3) is 0 Å². The van der Waals surface area contributed by atoms with E-state index in [2.05, 4.69) is 5.32 Å². The SMILES string of the molecule is COc1ccc(C2(C(=O)N[C@@H]3COCC[C@H]3O)CCCC2)cc1OC. The average molecular weight is 349 g/mol. The topological polar surface area (TPSA) is 77.0 Å². The highest BCUT2D eigenvalue weighted by atomic mass is 16.5. The van der Waals surface area contributed by atoms with Crippen molar-refractivity contribution < 1.29 is 24.1 Å². The number of carbonyl (C=O) groups is 1. The van der Waals surface area contributed by atoms with Gasteiger partial charge in [-0.25, -0.2) is 0 Å². The number of methoxy groups -OCH3 is 2. The first-order chi connectivity index (χ1) is 12.1. The lowest BCUT2D eigenvalue weighted by molar-refractivity contribution is -0.130. The van der Waals surface area contributed by atoms with Gasteiger partial charge in [0.2, 0.25) is 5.91 Å². The molecule has 1 aliphatic heterocycles. The van der Waals surface area contributed by atoms with Crippen LogP contribution in [0, 0.1) is 0 Å². The molecule has 0 unspecified atom stereocenters. The van der Waals surface area contributed by atoms with Crippen LogP contribution in [0.3, 0.4) is 0 Å². The average Bonchev–Trinajstić information content (AvgIpc) is 3.14. The first kappa shape index (κ1) is 18.0. The summed E-state index contributed by atoms with van der Waals surface area (Å²) in [6, 6.07) is 5.34. The highest BCUT2D eigenvalue weighted by Gasteiger charge is 2.44. The molecular weight excluding hydrogens is 322 g/mol. The molecule has 0 aromatic heterocycles. The quantitative estimate of drug-likeness (QED) is 0.847. The Morgan fingerprint density at radius 1 is 1.24 bits per heavy atom. The molecule has 6 heteroatoms. The molecule has 1 amide bonds. The normalized spacial score (nSPS) is 25.4. The molecule has 0 radical (unpaired) electrons. The van der Waals surface area contributed by atoms with E-state index >= 15 is 0 Å². The van der Waals surface area contributed by atoms with E-state index in [1.807, 2.05) is 18.2 Å². The van der Waals surface area contributed by atoms with Gasteiger partial charge in [0.1, 0.15) is 0 Å². The van der Waals surface area contributed by atoms with Gasteiger partial charge in [-0.3, -0.25) is 4.79 Å². The standard InChI is InChI=1S/C19H27NO5/c1-23-16-6-5-13(11-17(16)24-2)19(8-3-4-9-19)18(22)20-14-12-25-10-7-15(14)21/h5-6,11,14-15,21H,3-4,7-10,12H2,1-2H3,(H,20,22)/t14-,15-/m1/s1. The molecule has 0 bridgehead atoms. The monoisotopic (exact) mass is 349 g/mol.